The van der Waals surface area contributed by atoms with Gasteiger partial charge in [0.15, 0.2) is 5.69 Å². The Hall–Kier alpha value is -2.92. The van der Waals surface area contributed by atoms with Gasteiger partial charge in [-0.3, -0.25) is 4.79 Å². The van der Waals surface area contributed by atoms with Gasteiger partial charge in [0.1, 0.15) is 5.82 Å². The van der Waals surface area contributed by atoms with Crippen molar-refractivity contribution in [1.29, 1.82) is 0 Å². The Balaban J connectivity index is 1.54. The maximum atomic E-state index is 12.1. The number of carbonyl (C=O) groups is 1. The summed E-state index contributed by atoms with van der Waals surface area (Å²) in [5.41, 5.74) is 2.27. The Morgan fingerprint density at radius 1 is 0.880 bits per heavy atom. The minimum absolute atomic E-state index is 0.256. The molecule has 0 radical (unpaired) electrons. The molecule has 3 rings (SSSR count). The minimum atomic E-state index is -0.256. The van der Waals surface area contributed by atoms with E-state index in [1.165, 1.54) is 0 Å². The number of nitrogens with zero attached hydrogens (tertiary/aromatic N) is 2. The van der Waals surface area contributed by atoms with Gasteiger partial charge >= 0.3 is 0 Å². The van der Waals surface area contributed by atoms with E-state index in [1.54, 1.807) is 12.1 Å². The molecule has 0 atom stereocenters. The summed E-state index contributed by atoms with van der Waals surface area (Å²) in [7, 11) is 0. The predicted octanol–water partition coefficient (Wildman–Crippen LogP) is 3.67. The average Bonchev–Trinajstić information content (AvgIpc) is 2.67. The fraction of sp³-hybridized carbons (Fsp3) is 0.105. The highest BCUT2D eigenvalue weighted by Gasteiger charge is 2.08. The van der Waals surface area contributed by atoms with Crippen LogP contribution in [0.2, 0.25) is 5.02 Å². The van der Waals surface area contributed by atoms with Crippen molar-refractivity contribution >= 4 is 23.3 Å². The van der Waals surface area contributed by atoms with Crippen LogP contribution in [-0.2, 0) is 13.1 Å². The molecule has 0 saturated heterocycles. The van der Waals surface area contributed by atoms with Crippen LogP contribution in [0.5, 0.6) is 0 Å². The van der Waals surface area contributed by atoms with Gasteiger partial charge in [0.25, 0.3) is 5.91 Å². The Morgan fingerprint density at radius 2 is 1.64 bits per heavy atom. The summed E-state index contributed by atoms with van der Waals surface area (Å²) in [6.45, 7) is 0.988. The minimum Gasteiger partial charge on any atom is -0.364 e. The summed E-state index contributed by atoms with van der Waals surface area (Å²) in [6, 6.07) is 20.7. The first-order valence-corrected chi connectivity index (χ1v) is 8.23. The molecule has 126 valence electrons. The number of carbonyl (C=O) groups excluding carboxylic acids is 1. The zero-order valence-electron chi connectivity index (χ0n) is 13.4. The lowest BCUT2D eigenvalue weighted by Crippen LogP contribution is -2.24. The normalized spacial score (nSPS) is 10.3. The molecule has 2 N–H and O–H groups in total. The van der Waals surface area contributed by atoms with Gasteiger partial charge in [-0.1, -0.05) is 60.1 Å². The first kappa shape index (κ1) is 16.9. The van der Waals surface area contributed by atoms with Gasteiger partial charge < -0.3 is 10.6 Å². The zero-order valence-corrected chi connectivity index (χ0v) is 14.2. The highest BCUT2D eigenvalue weighted by molar-refractivity contribution is 6.31. The highest BCUT2D eigenvalue weighted by atomic mass is 35.5. The predicted molar refractivity (Wildman–Crippen MR) is 98.4 cm³/mol. The maximum Gasteiger partial charge on any atom is 0.272 e. The van der Waals surface area contributed by atoms with E-state index < -0.39 is 0 Å². The molecule has 0 aliphatic carbocycles. The van der Waals surface area contributed by atoms with Crippen molar-refractivity contribution in [2.24, 2.45) is 0 Å². The van der Waals surface area contributed by atoms with Crippen LogP contribution in [0.25, 0.3) is 0 Å². The maximum absolute atomic E-state index is 12.1. The molecule has 0 aliphatic rings. The van der Waals surface area contributed by atoms with Crippen LogP contribution in [0.1, 0.15) is 21.6 Å². The molecular weight excluding hydrogens is 336 g/mol. The van der Waals surface area contributed by atoms with Gasteiger partial charge in [-0.05, 0) is 29.3 Å². The Bertz CT molecular complexity index is 838. The summed E-state index contributed by atoms with van der Waals surface area (Å²) in [6.07, 6.45) is 0. The molecule has 1 aromatic heterocycles. The van der Waals surface area contributed by atoms with E-state index in [9.17, 15) is 4.79 Å². The lowest BCUT2D eigenvalue weighted by atomic mass is 10.2. The van der Waals surface area contributed by atoms with Crippen LogP contribution < -0.4 is 10.6 Å². The second kappa shape index (κ2) is 8.26. The lowest BCUT2D eigenvalue weighted by Gasteiger charge is -2.08. The van der Waals surface area contributed by atoms with Crippen molar-refractivity contribution in [3.05, 3.63) is 88.6 Å². The molecule has 6 heteroatoms. The van der Waals surface area contributed by atoms with Crippen LogP contribution >= 0.6 is 11.6 Å². The van der Waals surface area contributed by atoms with Gasteiger partial charge in [0.05, 0.1) is 0 Å². The van der Waals surface area contributed by atoms with Crippen molar-refractivity contribution < 1.29 is 4.79 Å². The third-order valence-electron chi connectivity index (χ3n) is 3.61. The summed E-state index contributed by atoms with van der Waals surface area (Å²) in [4.78, 5) is 12.1. The smallest absolute Gasteiger partial charge is 0.272 e. The molecular formula is C19H17ClN4O. The number of nitrogens with one attached hydrogen (secondary N) is 2. The number of rotatable bonds is 6. The summed E-state index contributed by atoms with van der Waals surface area (Å²) < 4.78 is 0. The van der Waals surface area contributed by atoms with E-state index in [0.717, 1.165) is 11.1 Å². The van der Waals surface area contributed by atoms with E-state index in [0.29, 0.717) is 23.9 Å². The van der Waals surface area contributed by atoms with Crippen molar-refractivity contribution in [2.45, 2.75) is 13.1 Å². The molecule has 0 spiro atoms. The van der Waals surface area contributed by atoms with E-state index in [2.05, 4.69) is 20.8 Å². The van der Waals surface area contributed by atoms with E-state index >= 15 is 0 Å². The second-order valence-electron chi connectivity index (χ2n) is 5.42. The Kier molecular flexibility index (Phi) is 5.59. The molecule has 25 heavy (non-hydrogen) atoms. The first-order chi connectivity index (χ1) is 12.2. The topological polar surface area (TPSA) is 66.9 Å². The Morgan fingerprint density at radius 3 is 2.36 bits per heavy atom. The van der Waals surface area contributed by atoms with Crippen LogP contribution in [0, 0.1) is 0 Å². The number of hydrogen-bond acceptors (Lipinski definition) is 4. The van der Waals surface area contributed by atoms with E-state index in [1.807, 2.05) is 54.6 Å². The highest BCUT2D eigenvalue weighted by Crippen LogP contribution is 2.16. The third kappa shape index (κ3) is 4.78. The van der Waals surface area contributed by atoms with Gasteiger partial charge in [-0.2, -0.15) is 0 Å². The molecule has 0 unspecified atom stereocenters. The fourth-order valence-corrected chi connectivity index (χ4v) is 2.45. The lowest BCUT2D eigenvalue weighted by molar-refractivity contribution is 0.0945. The number of aromatic nitrogens is 2. The van der Waals surface area contributed by atoms with Gasteiger partial charge in [0, 0.05) is 18.1 Å². The number of benzene rings is 2. The van der Waals surface area contributed by atoms with Crippen molar-refractivity contribution in [1.82, 2.24) is 15.5 Å². The van der Waals surface area contributed by atoms with E-state index in [4.69, 9.17) is 11.6 Å². The van der Waals surface area contributed by atoms with E-state index in [-0.39, 0.29) is 11.6 Å². The molecule has 0 aliphatic heterocycles. The third-order valence-corrected chi connectivity index (χ3v) is 3.98. The monoisotopic (exact) mass is 352 g/mol. The SMILES string of the molecule is O=C(NCc1ccccc1)c1ccc(NCc2ccccc2Cl)nn1. The summed E-state index contributed by atoms with van der Waals surface area (Å²) >= 11 is 6.11. The molecule has 0 bridgehead atoms. The molecule has 1 heterocycles. The number of amides is 1. The van der Waals surface area contributed by atoms with Crippen molar-refractivity contribution in [3.63, 3.8) is 0 Å². The number of anilines is 1. The largest absolute Gasteiger partial charge is 0.364 e. The summed E-state index contributed by atoms with van der Waals surface area (Å²) in [5.74, 6) is 0.327. The Labute approximate surface area is 151 Å². The second-order valence-corrected chi connectivity index (χ2v) is 5.82. The van der Waals surface area contributed by atoms with Crippen molar-refractivity contribution in [2.75, 3.05) is 5.32 Å². The fourth-order valence-electron chi connectivity index (χ4n) is 2.24. The first-order valence-electron chi connectivity index (χ1n) is 7.85. The number of halogens is 1. The quantitative estimate of drug-likeness (QED) is 0.710. The molecule has 5 nitrogen and oxygen atoms in total. The number of hydrogen-bond donors (Lipinski definition) is 2. The standard InChI is InChI=1S/C19H17ClN4O/c20-16-9-5-4-8-15(16)13-21-18-11-10-17(23-24-18)19(25)22-12-14-6-2-1-3-7-14/h1-11H,12-13H2,(H,21,24)(H,22,25). The summed E-state index contributed by atoms with van der Waals surface area (Å²) in [5, 5.41) is 14.7. The van der Waals surface area contributed by atoms with Crippen LogP contribution in [-0.4, -0.2) is 16.1 Å². The van der Waals surface area contributed by atoms with Gasteiger partial charge in [0.2, 0.25) is 0 Å². The molecule has 0 fully saturated rings. The molecule has 2 aromatic carbocycles. The molecule has 1 amide bonds. The van der Waals surface area contributed by atoms with Crippen molar-refractivity contribution in [3.8, 4) is 0 Å². The van der Waals surface area contributed by atoms with Crippen LogP contribution in [0.3, 0.4) is 0 Å². The molecule has 0 saturated carbocycles. The van der Waals surface area contributed by atoms with Crippen LogP contribution in [0.4, 0.5) is 5.82 Å². The molecule has 3 aromatic rings. The van der Waals surface area contributed by atoms with Gasteiger partial charge in [-0.15, -0.1) is 10.2 Å². The average molecular weight is 353 g/mol. The van der Waals surface area contributed by atoms with Gasteiger partial charge in [-0.25, -0.2) is 0 Å². The zero-order chi connectivity index (χ0) is 17.5. The van der Waals surface area contributed by atoms with Crippen LogP contribution in [0.15, 0.2) is 66.7 Å².